The molecule has 11 aromatic rings. The lowest BCUT2D eigenvalue weighted by Gasteiger charge is -2.27. The summed E-state index contributed by atoms with van der Waals surface area (Å²) in [5, 5.41) is 2.63. The number of fused-ring (bicyclic) bond motifs is 6. The van der Waals surface area contributed by atoms with Crippen molar-refractivity contribution < 1.29 is 0 Å². The minimum atomic E-state index is -0.171. The number of hydrogen-bond acceptors (Lipinski definition) is 2. The minimum absolute atomic E-state index is 0.171. The van der Waals surface area contributed by atoms with Crippen molar-refractivity contribution in [1.29, 1.82) is 0 Å². The third-order valence-corrected chi connectivity index (χ3v) is 14.6. The van der Waals surface area contributed by atoms with E-state index in [9.17, 15) is 0 Å². The van der Waals surface area contributed by atoms with Gasteiger partial charge in [-0.3, -0.25) is 0 Å². The fourth-order valence-corrected chi connectivity index (χ4v) is 11.2. The van der Waals surface area contributed by atoms with Crippen molar-refractivity contribution in [3.63, 3.8) is 0 Å². The van der Waals surface area contributed by atoms with E-state index in [2.05, 4.69) is 255 Å². The number of rotatable bonds is 8. The molecule has 0 amide bonds. The Bertz CT molecular complexity index is 3550. The lowest BCUT2D eigenvalue weighted by Crippen LogP contribution is -2.15. The van der Waals surface area contributed by atoms with E-state index in [1.165, 1.54) is 98.1 Å². The van der Waals surface area contributed by atoms with Gasteiger partial charge in [0.05, 0.1) is 0 Å². The first kappa shape index (κ1) is 38.9. The summed E-state index contributed by atoms with van der Waals surface area (Å²) in [6, 6.07) is 87.1. The van der Waals surface area contributed by atoms with E-state index in [0.29, 0.717) is 0 Å². The largest absolute Gasteiger partial charge is 0.310 e. The topological polar surface area (TPSA) is 3.24 Å². The van der Waals surface area contributed by atoms with Crippen molar-refractivity contribution in [3.05, 3.63) is 248 Å². The highest BCUT2D eigenvalue weighted by Crippen LogP contribution is 2.54. The monoisotopic (exact) mass is 847 g/mol. The molecular formula is C63H45NS. The third kappa shape index (κ3) is 6.86. The van der Waals surface area contributed by atoms with Crippen molar-refractivity contribution >= 4 is 48.6 Å². The summed E-state index contributed by atoms with van der Waals surface area (Å²) in [6.07, 6.45) is 0. The highest BCUT2D eigenvalue weighted by Gasteiger charge is 2.38. The fraction of sp³-hybridized carbons (Fsp3) is 0.0476. The first-order valence-corrected chi connectivity index (χ1v) is 23.3. The molecule has 1 aliphatic carbocycles. The van der Waals surface area contributed by atoms with Gasteiger partial charge >= 0.3 is 0 Å². The van der Waals surface area contributed by atoms with Crippen LogP contribution in [0.5, 0.6) is 0 Å². The molecule has 0 spiro atoms. The second-order valence-electron chi connectivity index (χ2n) is 17.7. The molecule has 308 valence electrons. The van der Waals surface area contributed by atoms with E-state index in [1.54, 1.807) is 0 Å². The van der Waals surface area contributed by atoms with Crippen LogP contribution in [-0.4, -0.2) is 0 Å². The molecule has 1 heterocycles. The molecule has 12 rings (SSSR count). The van der Waals surface area contributed by atoms with E-state index < -0.39 is 0 Å². The van der Waals surface area contributed by atoms with Crippen LogP contribution in [0.15, 0.2) is 237 Å². The fourth-order valence-electron chi connectivity index (χ4n) is 10.1. The zero-order chi connectivity index (χ0) is 43.5. The molecule has 1 aromatic heterocycles. The van der Waals surface area contributed by atoms with E-state index >= 15 is 0 Å². The molecule has 1 aliphatic rings. The maximum Gasteiger partial charge on any atom is 0.0467 e. The molecule has 0 fully saturated rings. The second-order valence-corrected chi connectivity index (χ2v) is 18.8. The van der Waals surface area contributed by atoms with Crippen LogP contribution >= 0.6 is 11.3 Å². The van der Waals surface area contributed by atoms with Crippen LogP contribution in [0.2, 0.25) is 0 Å². The standard InChI is InChI=1S/C63H45NS/c1-63(2)58-34-30-49(39-57(58)62-55(45-20-10-5-11-21-45)40-50(41-59(62)63)43-18-8-4-9-19-43)47-23-15-25-53(37-47)64(52-24-14-22-46(36-52)42-16-6-3-7-17-42)51-32-28-44(29-33-51)48-31-35-61-56(38-48)54-26-12-13-27-60(54)65-61/h3-41H,1-2H3. The Morgan fingerprint density at radius 3 is 1.49 bits per heavy atom. The van der Waals surface area contributed by atoms with Crippen LogP contribution in [0.4, 0.5) is 17.1 Å². The van der Waals surface area contributed by atoms with Gasteiger partial charge < -0.3 is 4.90 Å². The summed E-state index contributed by atoms with van der Waals surface area (Å²) in [5.74, 6) is 0. The van der Waals surface area contributed by atoms with Crippen LogP contribution in [0.3, 0.4) is 0 Å². The minimum Gasteiger partial charge on any atom is -0.310 e. The Morgan fingerprint density at radius 2 is 0.800 bits per heavy atom. The van der Waals surface area contributed by atoms with Crippen LogP contribution in [0.25, 0.3) is 86.9 Å². The molecule has 1 nitrogen and oxygen atoms in total. The average molecular weight is 848 g/mol. The van der Waals surface area contributed by atoms with E-state index in [0.717, 1.165) is 17.1 Å². The summed E-state index contributed by atoms with van der Waals surface area (Å²) in [6.45, 7) is 4.77. The molecule has 10 aromatic carbocycles. The highest BCUT2D eigenvalue weighted by atomic mass is 32.1. The van der Waals surface area contributed by atoms with Crippen molar-refractivity contribution in [2.45, 2.75) is 19.3 Å². The van der Waals surface area contributed by atoms with Gasteiger partial charge in [-0.15, -0.1) is 11.3 Å². The number of thiophene rings is 1. The van der Waals surface area contributed by atoms with Gasteiger partial charge in [-0.05, 0) is 151 Å². The third-order valence-electron chi connectivity index (χ3n) is 13.5. The highest BCUT2D eigenvalue weighted by molar-refractivity contribution is 7.25. The van der Waals surface area contributed by atoms with E-state index in [4.69, 9.17) is 0 Å². The first-order chi connectivity index (χ1) is 32.0. The van der Waals surface area contributed by atoms with Crippen LogP contribution in [0, 0.1) is 0 Å². The van der Waals surface area contributed by atoms with Crippen LogP contribution in [-0.2, 0) is 5.41 Å². The summed E-state index contributed by atoms with van der Waals surface area (Å²) in [4.78, 5) is 2.40. The van der Waals surface area contributed by atoms with Gasteiger partial charge in [0, 0.05) is 42.6 Å². The van der Waals surface area contributed by atoms with Crippen molar-refractivity contribution in [2.24, 2.45) is 0 Å². The SMILES string of the molecule is CC1(C)c2ccc(-c3cccc(N(c4ccc(-c5ccc6sc7ccccc7c6c5)cc4)c4cccc(-c5ccccc5)c4)c3)cc2-c2c(-c3ccccc3)cc(-c3ccccc3)cc21. The van der Waals surface area contributed by atoms with Gasteiger partial charge in [0.2, 0.25) is 0 Å². The molecule has 0 aliphatic heterocycles. The Hall–Kier alpha value is -7.78. The van der Waals surface area contributed by atoms with Gasteiger partial charge in [-0.1, -0.05) is 178 Å². The van der Waals surface area contributed by atoms with Gasteiger partial charge in [-0.25, -0.2) is 0 Å². The Morgan fingerprint density at radius 1 is 0.308 bits per heavy atom. The Kier molecular flexibility index (Phi) is 9.44. The molecule has 0 N–H and O–H groups in total. The molecule has 2 heteroatoms. The van der Waals surface area contributed by atoms with E-state index in [-0.39, 0.29) is 5.41 Å². The van der Waals surface area contributed by atoms with Gasteiger partial charge in [0.1, 0.15) is 0 Å². The Labute approximate surface area is 385 Å². The molecule has 65 heavy (non-hydrogen) atoms. The second kappa shape index (κ2) is 15.8. The maximum absolute atomic E-state index is 2.44. The van der Waals surface area contributed by atoms with Crippen LogP contribution in [0.1, 0.15) is 25.0 Å². The zero-order valence-electron chi connectivity index (χ0n) is 36.4. The predicted octanol–water partition coefficient (Wildman–Crippen LogP) is 18.2. The van der Waals surface area contributed by atoms with Crippen molar-refractivity contribution in [3.8, 4) is 66.8 Å². The quantitative estimate of drug-likeness (QED) is 0.147. The number of hydrogen-bond donors (Lipinski definition) is 0. The molecule has 0 atom stereocenters. The Balaban J connectivity index is 0.971. The van der Waals surface area contributed by atoms with Crippen molar-refractivity contribution in [2.75, 3.05) is 4.90 Å². The number of anilines is 3. The molecule has 0 bridgehead atoms. The summed E-state index contributed by atoms with van der Waals surface area (Å²) < 4.78 is 2.65. The smallest absolute Gasteiger partial charge is 0.0467 e. The van der Waals surface area contributed by atoms with Crippen molar-refractivity contribution in [1.82, 2.24) is 0 Å². The average Bonchev–Trinajstić information content (AvgIpc) is 3.85. The molecular weight excluding hydrogens is 803 g/mol. The van der Waals surface area contributed by atoms with Crippen LogP contribution < -0.4 is 4.90 Å². The lowest BCUT2D eigenvalue weighted by molar-refractivity contribution is 0.661. The number of nitrogens with zero attached hydrogens (tertiary/aromatic N) is 1. The summed E-state index contributed by atoms with van der Waals surface area (Å²) in [7, 11) is 0. The lowest BCUT2D eigenvalue weighted by atomic mass is 9.80. The normalized spacial score (nSPS) is 12.6. The first-order valence-electron chi connectivity index (χ1n) is 22.5. The summed E-state index contributed by atoms with van der Waals surface area (Å²) in [5.41, 5.74) is 20.7. The number of benzene rings is 10. The molecule has 0 saturated heterocycles. The van der Waals surface area contributed by atoms with E-state index in [1.807, 2.05) is 11.3 Å². The molecule has 0 unspecified atom stereocenters. The summed E-state index contributed by atoms with van der Waals surface area (Å²) >= 11 is 1.86. The predicted molar refractivity (Wildman–Crippen MR) is 279 cm³/mol. The molecule has 0 radical (unpaired) electrons. The van der Waals surface area contributed by atoms with Gasteiger partial charge in [-0.2, -0.15) is 0 Å². The maximum atomic E-state index is 2.44. The van der Waals surface area contributed by atoms with Gasteiger partial charge in [0.15, 0.2) is 0 Å². The van der Waals surface area contributed by atoms with Gasteiger partial charge in [0.25, 0.3) is 0 Å². The molecule has 0 saturated carbocycles. The zero-order valence-corrected chi connectivity index (χ0v) is 37.2.